The van der Waals surface area contributed by atoms with Gasteiger partial charge in [0.15, 0.2) is 16.6 Å². The number of hydrogen-bond acceptors (Lipinski definition) is 5. The van der Waals surface area contributed by atoms with Gasteiger partial charge in [-0.25, -0.2) is 4.39 Å². The summed E-state index contributed by atoms with van der Waals surface area (Å²) in [5, 5.41) is 3.91. The first-order valence-corrected chi connectivity index (χ1v) is 10.5. The minimum atomic E-state index is -0.215. The van der Waals surface area contributed by atoms with Crippen molar-refractivity contribution >= 4 is 17.3 Å². The van der Waals surface area contributed by atoms with Gasteiger partial charge in [-0.2, -0.15) is 0 Å². The largest absolute Gasteiger partial charge is 0.454 e. The Balaban J connectivity index is 1.39. The van der Waals surface area contributed by atoms with Crippen molar-refractivity contribution in [1.29, 1.82) is 0 Å². The fourth-order valence-corrected chi connectivity index (χ4v) is 3.74. The predicted octanol–water partition coefficient (Wildman–Crippen LogP) is 2.76. The first-order valence-electron chi connectivity index (χ1n) is 10.1. The molecule has 2 aromatic carbocycles. The molecule has 0 aromatic heterocycles. The van der Waals surface area contributed by atoms with Crippen LogP contribution in [0.15, 0.2) is 42.5 Å². The molecule has 1 fully saturated rings. The Morgan fingerprint density at radius 3 is 2.73 bits per heavy atom. The van der Waals surface area contributed by atoms with Crippen molar-refractivity contribution in [1.82, 2.24) is 15.1 Å². The maximum atomic E-state index is 14.2. The summed E-state index contributed by atoms with van der Waals surface area (Å²) in [4.78, 5) is 4.37. The quantitative estimate of drug-likeness (QED) is 0.677. The van der Waals surface area contributed by atoms with E-state index in [-0.39, 0.29) is 12.6 Å². The zero-order chi connectivity index (χ0) is 20.8. The molecular formula is C22H26FN3O3S. The zero-order valence-corrected chi connectivity index (χ0v) is 17.6. The fourth-order valence-electron chi connectivity index (χ4n) is 3.51. The van der Waals surface area contributed by atoms with Crippen molar-refractivity contribution < 1.29 is 18.6 Å². The Morgan fingerprint density at radius 2 is 1.90 bits per heavy atom. The van der Waals surface area contributed by atoms with E-state index < -0.39 is 0 Å². The third-order valence-corrected chi connectivity index (χ3v) is 5.68. The van der Waals surface area contributed by atoms with Gasteiger partial charge in [-0.3, -0.25) is 4.90 Å². The second-order valence-electron chi connectivity index (χ2n) is 7.31. The van der Waals surface area contributed by atoms with Gasteiger partial charge in [0.25, 0.3) is 0 Å². The zero-order valence-electron chi connectivity index (χ0n) is 16.8. The Morgan fingerprint density at radius 1 is 1.10 bits per heavy atom. The molecule has 6 nitrogen and oxygen atoms in total. The standard InChI is InChI=1S/C22H26FN3O3S/c23-19-4-2-1-3-18(19)15-26(8-7-25-9-11-27-12-10-25)22(30)24-14-17-5-6-20-21(13-17)29-16-28-20/h1-6,13H,7-12,14-16H2,(H,24,30). The van der Waals surface area contributed by atoms with Crippen LogP contribution >= 0.6 is 12.2 Å². The third-order valence-electron chi connectivity index (χ3n) is 5.28. The number of morpholine rings is 1. The summed E-state index contributed by atoms with van der Waals surface area (Å²) in [7, 11) is 0. The van der Waals surface area contributed by atoms with Crippen LogP contribution in [0.25, 0.3) is 0 Å². The van der Waals surface area contributed by atoms with Crippen molar-refractivity contribution in [3.63, 3.8) is 0 Å². The van der Waals surface area contributed by atoms with E-state index in [0.29, 0.717) is 30.3 Å². The highest BCUT2D eigenvalue weighted by Crippen LogP contribution is 2.32. The van der Waals surface area contributed by atoms with Crippen molar-refractivity contribution in [3.05, 3.63) is 59.4 Å². The first-order chi connectivity index (χ1) is 14.7. The number of halogens is 1. The van der Waals surface area contributed by atoms with E-state index in [4.69, 9.17) is 26.4 Å². The Labute approximate surface area is 181 Å². The topological polar surface area (TPSA) is 46.2 Å². The van der Waals surface area contributed by atoms with Crippen LogP contribution in [0.2, 0.25) is 0 Å². The maximum absolute atomic E-state index is 14.2. The summed E-state index contributed by atoms with van der Waals surface area (Å²) in [5.74, 6) is 1.29. The van der Waals surface area contributed by atoms with Crippen LogP contribution < -0.4 is 14.8 Å². The van der Waals surface area contributed by atoms with Gasteiger partial charge in [0.1, 0.15) is 5.82 Å². The van der Waals surface area contributed by atoms with Crippen molar-refractivity contribution in [2.24, 2.45) is 0 Å². The highest BCUT2D eigenvalue weighted by Gasteiger charge is 2.17. The molecule has 1 N–H and O–H groups in total. The van der Waals surface area contributed by atoms with Gasteiger partial charge >= 0.3 is 0 Å². The van der Waals surface area contributed by atoms with Crippen molar-refractivity contribution in [3.8, 4) is 11.5 Å². The summed E-state index contributed by atoms with van der Waals surface area (Å²) < 4.78 is 30.5. The van der Waals surface area contributed by atoms with E-state index in [1.54, 1.807) is 12.1 Å². The van der Waals surface area contributed by atoms with Crippen LogP contribution in [0.5, 0.6) is 11.5 Å². The minimum absolute atomic E-state index is 0.215. The van der Waals surface area contributed by atoms with Gasteiger partial charge in [-0.05, 0) is 36.0 Å². The average Bonchev–Trinajstić information content (AvgIpc) is 3.25. The lowest BCUT2D eigenvalue weighted by molar-refractivity contribution is 0.0357. The predicted molar refractivity (Wildman–Crippen MR) is 116 cm³/mol. The normalized spacial score (nSPS) is 15.8. The monoisotopic (exact) mass is 431 g/mol. The summed E-state index contributed by atoms with van der Waals surface area (Å²) >= 11 is 5.68. The van der Waals surface area contributed by atoms with E-state index in [1.807, 2.05) is 29.2 Å². The van der Waals surface area contributed by atoms with E-state index >= 15 is 0 Å². The second kappa shape index (κ2) is 10.1. The Hall–Kier alpha value is -2.42. The van der Waals surface area contributed by atoms with Crippen LogP contribution in [0.4, 0.5) is 4.39 Å². The van der Waals surface area contributed by atoms with Crippen LogP contribution in [0.1, 0.15) is 11.1 Å². The molecule has 0 saturated carbocycles. The molecule has 0 radical (unpaired) electrons. The molecular weight excluding hydrogens is 405 g/mol. The van der Waals surface area contributed by atoms with E-state index in [9.17, 15) is 4.39 Å². The first kappa shape index (κ1) is 20.8. The second-order valence-corrected chi connectivity index (χ2v) is 7.70. The SMILES string of the molecule is Fc1ccccc1CN(CCN1CCOCC1)C(=S)NCc1ccc2c(c1)OCO2. The molecule has 1 saturated heterocycles. The fraction of sp³-hybridized carbons (Fsp3) is 0.409. The van der Waals surface area contributed by atoms with Crippen LogP contribution in [-0.2, 0) is 17.8 Å². The molecule has 4 rings (SSSR count). The van der Waals surface area contributed by atoms with Gasteiger partial charge < -0.3 is 24.4 Å². The molecule has 2 aliphatic rings. The molecule has 30 heavy (non-hydrogen) atoms. The highest BCUT2D eigenvalue weighted by molar-refractivity contribution is 7.80. The molecule has 0 atom stereocenters. The number of fused-ring (bicyclic) bond motifs is 1. The lowest BCUT2D eigenvalue weighted by Gasteiger charge is -2.31. The highest BCUT2D eigenvalue weighted by atomic mass is 32.1. The summed E-state index contributed by atoms with van der Waals surface area (Å²) in [6.45, 7) is 6.11. The lowest BCUT2D eigenvalue weighted by Crippen LogP contribution is -2.45. The van der Waals surface area contributed by atoms with Gasteiger partial charge in [-0.1, -0.05) is 24.3 Å². The number of ether oxygens (including phenoxy) is 3. The smallest absolute Gasteiger partial charge is 0.231 e. The summed E-state index contributed by atoms with van der Waals surface area (Å²) in [5.41, 5.74) is 1.67. The van der Waals surface area contributed by atoms with Crippen LogP contribution in [-0.4, -0.2) is 61.1 Å². The van der Waals surface area contributed by atoms with E-state index in [1.165, 1.54) is 6.07 Å². The number of nitrogens with one attached hydrogen (secondary N) is 1. The minimum Gasteiger partial charge on any atom is -0.454 e. The van der Waals surface area contributed by atoms with Crippen molar-refractivity contribution in [2.45, 2.75) is 13.1 Å². The van der Waals surface area contributed by atoms with Gasteiger partial charge in [0.2, 0.25) is 6.79 Å². The molecule has 160 valence electrons. The average molecular weight is 432 g/mol. The maximum Gasteiger partial charge on any atom is 0.231 e. The molecule has 0 unspecified atom stereocenters. The van der Waals surface area contributed by atoms with E-state index in [2.05, 4.69) is 10.2 Å². The number of rotatable bonds is 7. The van der Waals surface area contributed by atoms with Gasteiger partial charge in [0, 0.05) is 44.8 Å². The number of benzene rings is 2. The molecule has 0 bridgehead atoms. The van der Waals surface area contributed by atoms with Crippen molar-refractivity contribution in [2.75, 3.05) is 46.2 Å². The number of nitrogens with zero attached hydrogens (tertiary/aromatic N) is 2. The lowest BCUT2D eigenvalue weighted by atomic mass is 10.2. The third kappa shape index (κ3) is 5.38. The van der Waals surface area contributed by atoms with E-state index in [0.717, 1.165) is 49.9 Å². The molecule has 8 heteroatoms. The molecule has 2 aliphatic heterocycles. The number of thiocarbonyl (C=S) groups is 1. The molecule has 0 amide bonds. The summed E-state index contributed by atoms with van der Waals surface area (Å²) in [6.07, 6.45) is 0. The Kier molecular flexibility index (Phi) is 6.99. The molecule has 0 spiro atoms. The molecule has 2 aromatic rings. The number of hydrogen-bond donors (Lipinski definition) is 1. The molecule has 2 heterocycles. The molecule has 0 aliphatic carbocycles. The summed E-state index contributed by atoms with van der Waals surface area (Å²) in [6, 6.07) is 12.7. The Bertz CT molecular complexity index is 876. The van der Waals surface area contributed by atoms with Crippen LogP contribution in [0, 0.1) is 5.82 Å². The van der Waals surface area contributed by atoms with Gasteiger partial charge in [0.05, 0.1) is 13.2 Å². The van der Waals surface area contributed by atoms with Gasteiger partial charge in [-0.15, -0.1) is 0 Å². The van der Waals surface area contributed by atoms with Crippen LogP contribution in [0.3, 0.4) is 0 Å².